The van der Waals surface area contributed by atoms with Gasteiger partial charge in [0.1, 0.15) is 5.69 Å². The van der Waals surface area contributed by atoms with E-state index < -0.39 is 11.7 Å². The lowest BCUT2D eigenvalue weighted by Crippen LogP contribution is -2.16. The maximum absolute atomic E-state index is 13.7. The number of nitrogen functional groups attached to an aromatic ring is 1. The molecule has 4 N–H and O–H groups in total. The van der Waals surface area contributed by atoms with Crippen LogP contribution in [0.2, 0.25) is 0 Å². The highest BCUT2D eigenvalue weighted by molar-refractivity contribution is 6.02. The van der Waals surface area contributed by atoms with Crippen molar-refractivity contribution in [1.29, 1.82) is 0 Å². The zero-order valence-corrected chi connectivity index (χ0v) is 11.3. The molecule has 0 fully saturated rings. The summed E-state index contributed by atoms with van der Waals surface area (Å²) >= 11 is 0. The van der Waals surface area contributed by atoms with Crippen molar-refractivity contribution in [2.75, 3.05) is 17.3 Å². The Morgan fingerprint density at radius 1 is 1.43 bits per heavy atom. The van der Waals surface area contributed by atoms with Gasteiger partial charge in [-0.25, -0.2) is 15.2 Å². The van der Waals surface area contributed by atoms with Gasteiger partial charge < -0.3 is 15.5 Å². The summed E-state index contributed by atoms with van der Waals surface area (Å²) in [6.07, 6.45) is 2.65. The van der Waals surface area contributed by atoms with Crippen LogP contribution < -0.4 is 21.3 Å². The summed E-state index contributed by atoms with van der Waals surface area (Å²) in [4.78, 5) is 19.7. The first-order chi connectivity index (χ1) is 10.1. The van der Waals surface area contributed by atoms with E-state index in [0.717, 1.165) is 0 Å². The molecule has 8 heteroatoms. The van der Waals surface area contributed by atoms with Crippen LogP contribution in [-0.2, 0) is 0 Å². The van der Waals surface area contributed by atoms with Gasteiger partial charge in [-0.3, -0.25) is 9.78 Å². The number of hydrogen-bond acceptors (Lipinski definition) is 6. The van der Waals surface area contributed by atoms with E-state index in [1.54, 1.807) is 6.92 Å². The van der Waals surface area contributed by atoms with Crippen LogP contribution >= 0.6 is 0 Å². The molecule has 0 bridgehead atoms. The summed E-state index contributed by atoms with van der Waals surface area (Å²) in [5.41, 5.74) is 2.63. The Bertz CT molecular complexity index is 650. The standard InChI is InChI=1S/C13H14FN5O2/c1-2-21-11-4-3-8(5-9(11)14)17-13(20)10-6-16-7-12(18-10)19-15/h3-7H,2,15H2,1H3,(H,17,20)(H,18,19). The third-order valence-electron chi connectivity index (χ3n) is 2.50. The highest BCUT2D eigenvalue weighted by Gasteiger charge is 2.11. The predicted molar refractivity (Wildman–Crippen MR) is 75.4 cm³/mol. The van der Waals surface area contributed by atoms with Crippen molar-refractivity contribution >= 4 is 17.4 Å². The molecular formula is C13H14FN5O2. The van der Waals surface area contributed by atoms with Crippen LogP contribution in [0.15, 0.2) is 30.6 Å². The number of hydrogen-bond donors (Lipinski definition) is 3. The van der Waals surface area contributed by atoms with Gasteiger partial charge in [-0.05, 0) is 19.1 Å². The predicted octanol–water partition coefficient (Wildman–Crippen LogP) is 1.55. The number of ether oxygens (including phenoxy) is 1. The van der Waals surface area contributed by atoms with E-state index in [9.17, 15) is 9.18 Å². The molecule has 21 heavy (non-hydrogen) atoms. The van der Waals surface area contributed by atoms with Gasteiger partial charge in [0.2, 0.25) is 0 Å². The number of nitrogens with one attached hydrogen (secondary N) is 2. The first kappa shape index (κ1) is 14.7. The number of benzene rings is 1. The van der Waals surface area contributed by atoms with Crippen molar-refractivity contribution in [3.8, 4) is 5.75 Å². The molecule has 2 aromatic rings. The second-order valence-corrected chi connectivity index (χ2v) is 3.97. The smallest absolute Gasteiger partial charge is 0.275 e. The molecule has 2 rings (SSSR count). The monoisotopic (exact) mass is 291 g/mol. The van der Waals surface area contributed by atoms with Crippen LogP contribution in [0, 0.1) is 5.82 Å². The molecule has 0 unspecified atom stereocenters. The average Bonchev–Trinajstić information content (AvgIpc) is 2.50. The Morgan fingerprint density at radius 3 is 2.90 bits per heavy atom. The molecule has 0 saturated heterocycles. The van der Waals surface area contributed by atoms with Gasteiger partial charge in [-0.15, -0.1) is 0 Å². The molecule has 1 amide bonds. The Labute approximate surface area is 120 Å². The van der Waals surface area contributed by atoms with Crippen molar-refractivity contribution in [1.82, 2.24) is 9.97 Å². The van der Waals surface area contributed by atoms with E-state index in [4.69, 9.17) is 10.6 Å². The first-order valence-corrected chi connectivity index (χ1v) is 6.16. The second kappa shape index (κ2) is 6.62. The van der Waals surface area contributed by atoms with Gasteiger partial charge in [-0.1, -0.05) is 0 Å². The van der Waals surface area contributed by atoms with Gasteiger partial charge in [0.25, 0.3) is 5.91 Å². The van der Waals surface area contributed by atoms with Crippen LogP contribution in [-0.4, -0.2) is 22.5 Å². The van der Waals surface area contributed by atoms with Gasteiger partial charge in [0.15, 0.2) is 17.4 Å². The Hall–Kier alpha value is -2.74. The number of halogens is 1. The number of nitrogens with two attached hydrogens (primary N) is 1. The molecule has 0 spiro atoms. The van der Waals surface area contributed by atoms with Gasteiger partial charge in [0.05, 0.1) is 19.0 Å². The average molecular weight is 291 g/mol. The molecule has 1 heterocycles. The molecular weight excluding hydrogens is 277 g/mol. The number of amides is 1. The van der Waals surface area contributed by atoms with Crippen LogP contribution in [0.1, 0.15) is 17.4 Å². The fourth-order valence-corrected chi connectivity index (χ4v) is 1.59. The highest BCUT2D eigenvalue weighted by Crippen LogP contribution is 2.21. The second-order valence-electron chi connectivity index (χ2n) is 3.97. The largest absolute Gasteiger partial charge is 0.491 e. The lowest BCUT2D eigenvalue weighted by atomic mass is 10.2. The normalized spacial score (nSPS) is 10.0. The molecule has 1 aromatic heterocycles. The molecule has 7 nitrogen and oxygen atoms in total. The quantitative estimate of drug-likeness (QED) is 0.570. The zero-order valence-electron chi connectivity index (χ0n) is 11.3. The highest BCUT2D eigenvalue weighted by atomic mass is 19.1. The van der Waals surface area contributed by atoms with Crippen molar-refractivity contribution < 1.29 is 13.9 Å². The van der Waals surface area contributed by atoms with Crippen molar-refractivity contribution in [2.24, 2.45) is 5.84 Å². The molecule has 0 atom stereocenters. The summed E-state index contributed by atoms with van der Waals surface area (Å²) in [5, 5.41) is 2.51. The molecule has 0 aliphatic rings. The third-order valence-corrected chi connectivity index (χ3v) is 2.50. The number of nitrogens with zero attached hydrogens (tertiary/aromatic N) is 2. The lowest BCUT2D eigenvalue weighted by molar-refractivity contribution is 0.102. The molecule has 110 valence electrons. The SMILES string of the molecule is CCOc1ccc(NC(=O)c2cncc(NN)n2)cc1F. The summed E-state index contributed by atoms with van der Waals surface area (Å²) in [7, 11) is 0. The van der Waals surface area contributed by atoms with Crippen LogP contribution in [0.25, 0.3) is 0 Å². The fourth-order valence-electron chi connectivity index (χ4n) is 1.59. The molecule has 1 aromatic carbocycles. The van der Waals surface area contributed by atoms with E-state index in [1.165, 1.54) is 30.6 Å². The van der Waals surface area contributed by atoms with Gasteiger partial charge in [-0.2, -0.15) is 0 Å². The molecule has 0 aliphatic carbocycles. The minimum atomic E-state index is -0.557. The minimum absolute atomic E-state index is 0.0553. The summed E-state index contributed by atoms with van der Waals surface area (Å²) in [5.74, 6) is 4.49. The summed E-state index contributed by atoms with van der Waals surface area (Å²) in [6, 6.07) is 4.14. The number of aromatic nitrogens is 2. The van der Waals surface area contributed by atoms with Gasteiger partial charge in [0, 0.05) is 11.8 Å². The minimum Gasteiger partial charge on any atom is -0.491 e. The lowest BCUT2D eigenvalue weighted by Gasteiger charge is -2.08. The van der Waals surface area contributed by atoms with Crippen molar-refractivity contribution in [2.45, 2.75) is 6.92 Å². The summed E-state index contributed by atoms with van der Waals surface area (Å²) in [6.45, 7) is 2.11. The van der Waals surface area contributed by atoms with Gasteiger partial charge >= 0.3 is 0 Å². The Kier molecular flexibility index (Phi) is 4.62. The fraction of sp³-hybridized carbons (Fsp3) is 0.154. The van der Waals surface area contributed by atoms with Crippen LogP contribution in [0.5, 0.6) is 5.75 Å². The van der Waals surface area contributed by atoms with Crippen LogP contribution in [0.4, 0.5) is 15.9 Å². The van der Waals surface area contributed by atoms with E-state index >= 15 is 0 Å². The topological polar surface area (TPSA) is 102 Å². The summed E-state index contributed by atoms with van der Waals surface area (Å²) < 4.78 is 18.8. The Morgan fingerprint density at radius 2 is 2.24 bits per heavy atom. The number of anilines is 2. The Balaban J connectivity index is 2.13. The van der Waals surface area contributed by atoms with E-state index in [0.29, 0.717) is 6.61 Å². The molecule has 0 saturated carbocycles. The molecule has 0 radical (unpaired) electrons. The van der Waals surface area contributed by atoms with E-state index in [-0.39, 0.29) is 22.9 Å². The maximum atomic E-state index is 13.7. The van der Waals surface area contributed by atoms with Crippen molar-refractivity contribution in [3.05, 3.63) is 42.1 Å². The first-order valence-electron chi connectivity index (χ1n) is 6.16. The maximum Gasteiger partial charge on any atom is 0.275 e. The third kappa shape index (κ3) is 3.63. The van der Waals surface area contributed by atoms with E-state index in [1.807, 2.05) is 0 Å². The van der Waals surface area contributed by atoms with Crippen molar-refractivity contribution in [3.63, 3.8) is 0 Å². The van der Waals surface area contributed by atoms with E-state index in [2.05, 4.69) is 20.7 Å². The molecule has 0 aliphatic heterocycles. The number of carbonyl (C=O) groups is 1. The van der Waals surface area contributed by atoms with Crippen LogP contribution in [0.3, 0.4) is 0 Å². The zero-order chi connectivity index (χ0) is 15.2. The number of carbonyl (C=O) groups excluding carboxylic acids is 1. The number of hydrazine groups is 1. The number of rotatable bonds is 5.